The van der Waals surface area contributed by atoms with Crippen LogP contribution >= 0.6 is 15.9 Å². The molecule has 148 valence electrons. The normalized spacial score (nSPS) is 11.0. The van der Waals surface area contributed by atoms with E-state index in [1.165, 1.54) is 27.7 Å². The van der Waals surface area contributed by atoms with Gasteiger partial charge < -0.3 is 14.5 Å². The Kier molecular flexibility index (Phi) is 6.45. The van der Waals surface area contributed by atoms with Crippen LogP contribution in [0.4, 0.5) is 0 Å². The second-order valence-corrected chi connectivity index (χ2v) is 7.90. The van der Waals surface area contributed by atoms with E-state index in [-0.39, 0.29) is 5.78 Å². The van der Waals surface area contributed by atoms with Gasteiger partial charge in [0.15, 0.2) is 17.3 Å². The summed E-state index contributed by atoms with van der Waals surface area (Å²) in [5.41, 5.74) is 5.70. The van der Waals surface area contributed by atoms with E-state index in [0.717, 1.165) is 23.7 Å². The van der Waals surface area contributed by atoms with Gasteiger partial charge in [-0.2, -0.15) is 0 Å². The Morgan fingerprint density at radius 1 is 1.07 bits per heavy atom. The van der Waals surface area contributed by atoms with Crippen molar-refractivity contribution in [1.82, 2.24) is 4.98 Å². The van der Waals surface area contributed by atoms with E-state index in [1.807, 2.05) is 0 Å². The highest BCUT2D eigenvalue weighted by Gasteiger charge is 2.16. The van der Waals surface area contributed by atoms with Crippen molar-refractivity contribution in [2.45, 2.75) is 39.5 Å². The zero-order valence-electron chi connectivity index (χ0n) is 16.8. The number of aryl methyl sites for hydroxylation is 3. The highest BCUT2D eigenvalue weighted by Crippen LogP contribution is 2.34. The zero-order valence-corrected chi connectivity index (χ0v) is 18.4. The van der Waals surface area contributed by atoms with Crippen molar-refractivity contribution < 1.29 is 14.3 Å². The van der Waals surface area contributed by atoms with Gasteiger partial charge in [0.05, 0.1) is 14.2 Å². The van der Waals surface area contributed by atoms with Gasteiger partial charge in [0.2, 0.25) is 0 Å². The molecule has 4 nitrogen and oxygen atoms in total. The topological polar surface area (TPSA) is 51.3 Å². The zero-order chi connectivity index (χ0) is 20.3. The number of aromatic amines is 1. The number of hydrogen-bond donors (Lipinski definition) is 1. The van der Waals surface area contributed by atoms with Gasteiger partial charge in [-0.15, -0.1) is 0 Å². The largest absolute Gasteiger partial charge is 0.493 e. The summed E-state index contributed by atoms with van der Waals surface area (Å²) in [6.45, 7) is 4.25. The van der Waals surface area contributed by atoms with E-state index in [1.54, 1.807) is 26.4 Å². The van der Waals surface area contributed by atoms with Crippen molar-refractivity contribution in [2.24, 2.45) is 0 Å². The Balaban J connectivity index is 1.64. The molecule has 1 heterocycles. The predicted octanol–water partition coefficient (Wildman–Crippen LogP) is 6.16. The first-order chi connectivity index (χ1) is 13.5. The number of carbonyl (C=O) groups excluding carboxylic acids is 1. The third-order valence-corrected chi connectivity index (χ3v) is 5.87. The highest BCUT2D eigenvalue weighted by atomic mass is 79.9. The van der Waals surface area contributed by atoms with Gasteiger partial charge in [-0.25, -0.2) is 0 Å². The van der Waals surface area contributed by atoms with Gasteiger partial charge >= 0.3 is 0 Å². The number of rotatable bonds is 8. The number of benzene rings is 2. The summed E-state index contributed by atoms with van der Waals surface area (Å²) in [6.07, 6.45) is 3.29. The minimum absolute atomic E-state index is 0.110. The van der Waals surface area contributed by atoms with Crippen molar-refractivity contribution in [3.8, 4) is 11.5 Å². The maximum atomic E-state index is 12.7. The fourth-order valence-electron chi connectivity index (χ4n) is 3.66. The molecule has 5 heteroatoms. The number of halogens is 1. The molecule has 1 aromatic heterocycles. The fourth-order valence-corrected chi connectivity index (χ4v) is 4.21. The van der Waals surface area contributed by atoms with Crippen LogP contribution in [-0.4, -0.2) is 25.0 Å². The molecule has 1 N–H and O–H groups in total. The lowest BCUT2D eigenvalue weighted by atomic mass is 10.00. The van der Waals surface area contributed by atoms with Crippen LogP contribution in [0.25, 0.3) is 10.9 Å². The van der Waals surface area contributed by atoms with Crippen molar-refractivity contribution >= 4 is 32.6 Å². The number of hydrogen-bond acceptors (Lipinski definition) is 3. The molecule has 0 fully saturated rings. The van der Waals surface area contributed by atoms with E-state index >= 15 is 0 Å². The molecule has 28 heavy (non-hydrogen) atoms. The van der Waals surface area contributed by atoms with Gasteiger partial charge in [0, 0.05) is 33.1 Å². The van der Waals surface area contributed by atoms with Crippen LogP contribution in [-0.2, 0) is 6.42 Å². The van der Waals surface area contributed by atoms with Crippen LogP contribution in [0.5, 0.6) is 11.5 Å². The fraction of sp³-hybridized carbons (Fsp3) is 0.348. The molecule has 0 saturated heterocycles. The summed E-state index contributed by atoms with van der Waals surface area (Å²) in [5, 5.41) is 1.30. The van der Waals surface area contributed by atoms with Crippen LogP contribution < -0.4 is 9.47 Å². The Hall–Kier alpha value is -2.27. The quantitative estimate of drug-likeness (QED) is 0.334. The third-order valence-electron chi connectivity index (χ3n) is 5.22. The number of aromatic nitrogens is 1. The van der Waals surface area contributed by atoms with E-state index in [4.69, 9.17) is 9.47 Å². The number of ether oxygens (including phenoxy) is 2. The number of H-pyrrole nitrogens is 1. The van der Waals surface area contributed by atoms with Crippen LogP contribution in [0.1, 0.15) is 46.4 Å². The monoisotopic (exact) mass is 443 g/mol. The summed E-state index contributed by atoms with van der Waals surface area (Å²) in [4.78, 5) is 16.2. The Bertz CT molecular complexity index is 1010. The third kappa shape index (κ3) is 4.09. The summed E-state index contributed by atoms with van der Waals surface area (Å²) < 4.78 is 11.3. The van der Waals surface area contributed by atoms with Gasteiger partial charge in [-0.3, -0.25) is 4.79 Å². The number of unbranched alkanes of at least 4 members (excludes halogenated alkanes) is 1. The van der Waals surface area contributed by atoms with Gasteiger partial charge in [-0.1, -0.05) is 18.2 Å². The molecule has 0 aliphatic carbocycles. The summed E-state index contributed by atoms with van der Waals surface area (Å²) in [7, 11) is 3.16. The molecule has 0 amide bonds. The van der Waals surface area contributed by atoms with Gasteiger partial charge in [-0.05, 0) is 72.3 Å². The number of carbonyl (C=O) groups is 1. The molecular weight excluding hydrogens is 418 g/mol. The first kappa shape index (κ1) is 20.5. The van der Waals surface area contributed by atoms with E-state index < -0.39 is 0 Å². The molecule has 0 atom stereocenters. The smallest absolute Gasteiger partial charge is 0.164 e. The van der Waals surface area contributed by atoms with Crippen molar-refractivity contribution in [3.63, 3.8) is 0 Å². The lowest BCUT2D eigenvalue weighted by Gasteiger charge is -2.11. The molecule has 0 spiro atoms. The van der Waals surface area contributed by atoms with Gasteiger partial charge in [0.1, 0.15) is 0 Å². The van der Waals surface area contributed by atoms with Crippen LogP contribution in [0.2, 0.25) is 0 Å². The number of Topliss-reactive ketones (excluding diaryl/α,β-unsaturated/α-hetero) is 1. The standard InChI is InChI=1S/C23H26BrNO3/c1-14-8-7-10-17-16(15(2)25-23(14)17)9-5-6-11-20(26)18-12-21(27-3)22(28-4)13-19(18)24/h7-8,10,12-13,25H,5-6,9,11H2,1-4H3. The maximum absolute atomic E-state index is 12.7. The molecule has 0 aliphatic rings. The average molecular weight is 444 g/mol. The number of ketones is 1. The number of nitrogens with one attached hydrogen (secondary N) is 1. The molecular formula is C23H26BrNO3. The SMILES string of the molecule is COc1cc(Br)c(C(=O)CCCCc2c(C)[nH]c3c(C)cccc23)cc1OC. The molecule has 0 radical (unpaired) electrons. The number of methoxy groups -OCH3 is 2. The lowest BCUT2D eigenvalue weighted by molar-refractivity contribution is 0.0978. The van der Waals surface area contributed by atoms with E-state index in [9.17, 15) is 4.79 Å². The highest BCUT2D eigenvalue weighted by molar-refractivity contribution is 9.10. The van der Waals surface area contributed by atoms with Crippen LogP contribution in [0.3, 0.4) is 0 Å². The number of fused-ring (bicyclic) bond motifs is 1. The molecule has 0 bridgehead atoms. The Morgan fingerprint density at radius 2 is 1.79 bits per heavy atom. The van der Waals surface area contributed by atoms with E-state index in [2.05, 4.69) is 53.0 Å². The lowest BCUT2D eigenvalue weighted by Crippen LogP contribution is -2.02. The molecule has 0 saturated carbocycles. The van der Waals surface area contributed by atoms with Crippen LogP contribution in [0.15, 0.2) is 34.8 Å². The molecule has 0 aliphatic heterocycles. The minimum Gasteiger partial charge on any atom is -0.493 e. The molecule has 2 aromatic carbocycles. The van der Waals surface area contributed by atoms with E-state index in [0.29, 0.717) is 23.5 Å². The second kappa shape index (κ2) is 8.82. The molecule has 3 aromatic rings. The Labute approximate surface area is 174 Å². The number of para-hydroxylation sites is 1. The Morgan fingerprint density at radius 3 is 2.50 bits per heavy atom. The average Bonchev–Trinajstić information content (AvgIpc) is 3.01. The van der Waals surface area contributed by atoms with Gasteiger partial charge in [0.25, 0.3) is 0 Å². The van der Waals surface area contributed by atoms with Crippen LogP contribution in [0, 0.1) is 13.8 Å². The molecule has 0 unspecified atom stereocenters. The van der Waals surface area contributed by atoms with Crippen molar-refractivity contribution in [1.29, 1.82) is 0 Å². The summed E-state index contributed by atoms with van der Waals surface area (Å²) in [6, 6.07) is 9.93. The predicted molar refractivity (Wildman–Crippen MR) is 117 cm³/mol. The summed E-state index contributed by atoms with van der Waals surface area (Å²) >= 11 is 3.48. The summed E-state index contributed by atoms with van der Waals surface area (Å²) in [5.74, 6) is 1.29. The first-order valence-electron chi connectivity index (χ1n) is 9.47. The maximum Gasteiger partial charge on any atom is 0.164 e. The second-order valence-electron chi connectivity index (χ2n) is 7.04. The molecule has 3 rings (SSSR count). The minimum atomic E-state index is 0.110. The first-order valence-corrected chi connectivity index (χ1v) is 10.3. The van der Waals surface area contributed by atoms with Crippen molar-refractivity contribution in [3.05, 3.63) is 57.2 Å². The van der Waals surface area contributed by atoms with Crippen molar-refractivity contribution in [2.75, 3.05) is 14.2 Å².